The number of amides is 3. The number of hydrogen-bond donors (Lipinski definition) is 3. The van der Waals surface area contributed by atoms with Crippen LogP contribution in [0.4, 0.5) is 0 Å². The summed E-state index contributed by atoms with van der Waals surface area (Å²) in [6.07, 6.45) is -1.21. The van der Waals surface area contributed by atoms with Crippen LogP contribution in [0.3, 0.4) is 0 Å². The molecule has 11 heteroatoms. The average molecular weight is 405 g/mol. The van der Waals surface area contributed by atoms with Crippen LogP contribution < -0.4 is 10.7 Å². The Balaban J connectivity index is 2.02. The zero-order valence-corrected chi connectivity index (χ0v) is 15.9. The van der Waals surface area contributed by atoms with E-state index in [9.17, 15) is 29.5 Å². The third kappa shape index (κ3) is 4.06. The number of hydrogen-bond acceptors (Lipinski definition) is 6. The van der Waals surface area contributed by atoms with Gasteiger partial charge in [-0.05, 0) is 12.1 Å². The summed E-state index contributed by atoms with van der Waals surface area (Å²) in [5.74, 6) is -3.85. The third-order valence-corrected chi connectivity index (χ3v) is 5.08. The van der Waals surface area contributed by atoms with Crippen LogP contribution in [-0.2, 0) is 14.4 Å². The first-order valence-corrected chi connectivity index (χ1v) is 9.23. The molecule has 2 saturated heterocycles. The molecule has 0 spiro atoms. The number of quaternary nitrogens is 1. The molecule has 0 aromatic heterocycles. The number of carbonyl (C=O) groups excluding carboxylic acids is 3. The number of aliphatic carboxylic acids is 1. The summed E-state index contributed by atoms with van der Waals surface area (Å²) < 4.78 is -1.36. The van der Waals surface area contributed by atoms with Crippen LogP contribution in [0.25, 0.3) is 0 Å². The van der Waals surface area contributed by atoms with Crippen LogP contribution in [0.5, 0.6) is 0 Å². The van der Waals surface area contributed by atoms with Gasteiger partial charge in [0.1, 0.15) is 19.1 Å². The molecule has 0 bridgehead atoms. The molecule has 156 valence electrons. The zero-order valence-electron chi connectivity index (χ0n) is 15.9. The second-order valence-electron chi connectivity index (χ2n) is 7.11. The van der Waals surface area contributed by atoms with Crippen molar-refractivity contribution in [2.45, 2.75) is 25.9 Å². The topological polar surface area (TPSA) is 142 Å². The molecular formula is C18H23N5O6. The molecule has 3 N–H and O–H groups in total. The van der Waals surface area contributed by atoms with Crippen molar-refractivity contribution in [3.8, 4) is 0 Å². The van der Waals surface area contributed by atoms with Crippen molar-refractivity contribution in [3.63, 3.8) is 0 Å². The fraction of sp³-hybridized carbons (Fsp3) is 0.444. The van der Waals surface area contributed by atoms with E-state index in [4.69, 9.17) is 0 Å². The Kier molecular flexibility index (Phi) is 5.82. The highest BCUT2D eigenvalue weighted by atomic mass is 16.6. The van der Waals surface area contributed by atoms with E-state index >= 15 is 0 Å². The minimum atomic E-state index is -1.36. The SMILES string of the molecule is CC(=O)NN(C(=O)c1ccccc1)C1CCC(=O)N2CNC[C@H](C(=O)O)C[N+]12[O-]. The molecule has 2 aliphatic rings. The molecule has 3 amide bonds. The molecule has 2 unspecified atom stereocenters. The maximum Gasteiger partial charge on any atom is 0.313 e. The van der Waals surface area contributed by atoms with Gasteiger partial charge < -0.3 is 10.3 Å². The second kappa shape index (κ2) is 8.15. The van der Waals surface area contributed by atoms with Crippen molar-refractivity contribution in [2.75, 3.05) is 19.8 Å². The van der Waals surface area contributed by atoms with Gasteiger partial charge in [0.25, 0.3) is 11.8 Å². The standard InChI is InChI=1S/C18H23N5O6/c1-12(24)20-22(17(26)13-5-3-2-4-6-13)15-7-8-16(25)21-11-19-9-14(18(27)28)10-23(15,21)29/h2-6,14-15,19H,7-11H2,1H3,(H,20,24)(H,27,28)/t14-,15?,23?/m0/s1. The normalized spacial score (nSPS) is 26.8. The molecule has 2 heterocycles. The third-order valence-electron chi connectivity index (χ3n) is 5.08. The average Bonchev–Trinajstić information content (AvgIpc) is 2.87. The lowest BCUT2D eigenvalue weighted by Crippen LogP contribution is -2.74. The van der Waals surface area contributed by atoms with Gasteiger partial charge in [-0.15, -0.1) is 0 Å². The predicted octanol–water partition coefficient (Wildman–Crippen LogP) is -0.380. The Morgan fingerprint density at radius 3 is 2.62 bits per heavy atom. The molecule has 0 aliphatic carbocycles. The summed E-state index contributed by atoms with van der Waals surface area (Å²) in [4.78, 5) is 48.9. The summed E-state index contributed by atoms with van der Waals surface area (Å²) in [7, 11) is 0. The highest BCUT2D eigenvalue weighted by Crippen LogP contribution is 2.32. The Morgan fingerprint density at radius 2 is 2.00 bits per heavy atom. The number of hydrazine groups is 1. The van der Waals surface area contributed by atoms with Gasteiger partial charge in [0, 0.05) is 31.9 Å². The quantitative estimate of drug-likeness (QED) is 0.353. The van der Waals surface area contributed by atoms with Crippen LogP contribution in [0.15, 0.2) is 30.3 Å². The first kappa shape index (κ1) is 20.7. The molecule has 3 rings (SSSR count). The van der Waals surface area contributed by atoms with Crippen LogP contribution in [0, 0.1) is 11.1 Å². The molecule has 0 saturated carbocycles. The molecule has 3 atom stereocenters. The second-order valence-corrected chi connectivity index (χ2v) is 7.11. The molecule has 1 aromatic rings. The number of hydroxylamine groups is 2. The highest BCUT2D eigenvalue weighted by molar-refractivity contribution is 5.95. The van der Waals surface area contributed by atoms with Crippen molar-refractivity contribution in [2.24, 2.45) is 5.92 Å². The molecular weight excluding hydrogens is 382 g/mol. The Hall–Kier alpha value is -3.02. The predicted molar refractivity (Wildman–Crippen MR) is 98.8 cm³/mol. The monoisotopic (exact) mass is 405 g/mol. The molecule has 2 aliphatic heterocycles. The van der Waals surface area contributed by atoms with Crippen molar-refractivity contribution in [1.29, 1.82) is 0 Å². The number of nitrogens with zero attached hydrogens (tertiary/aromatic N) is 3. The van der Waals surface area contributed by atoms with Crippen LogP contribution >= 0.6 is 0 Å². The highest BCUT2D eigenvalue weighted by Gasteiger charge is 2.51. The summed E-state index contributed by atoms with van der Waals surface area (Å²) in [6.45, 7) is 0.629. The fourth-order valence-electron chi connectivity index (χ4n) is 3.71. The van der Waals surface area contributed by atoms with Gasteiger partial charge in [-0.25, -0.2) is 4.76 Å². The maximum absolute atomic E-state index is 13.9. The number of benzene rings is 1. The van der Waals surface area contributed by atoms with Gasteiger partial charge in [-0.1, -0.05) is 18.2 Å². The maximum atomic E-state index is 13.9. The van der Waals surface area contributed by atoms with Gasteiger partial charge in [0.2, 0.25) is 12.1 Å². The van der Waals surface area contributed by atoms with Crippen LogP contribution in [-0.4, -0.2) is 69.5 Å². The minimum absolute atomic E-state index is 0.00945. The fourth-order valence-corrected chi connectivity index (χ4v) is 3.71. The summed E-state index contributed by atoms with van der Waals surface area (Å²) in [6, 6.07) is 8.10. The number of carbonyl (C=O) groups is 4. The van der Waals surface area contributed by atoms with Gasteiger partial charge in [0.05, 0.1) is 0 Å². The van der Waals surface area contributed by atoms with Gasteiger partial charge >= 0.3 is 5.97 Å². The lowest BCUT2D eigenvalue weighted by atomic mass is 10.1. The first-order valence-electron chi connectivity index (χ1n) is 9.23. The van der Waals surface area contributed by atoms with E-state index in [2.05, 4.69) is 10.7 Å². The van der Waals surface area contributed by atoms with Crippen molar-refractivity contribution in [1.82, 2.24) is 20.8 Å². The van der Waals surface area contributed by atoms with E-state index in [0.717, 1.165) is 10.0 Å². The summed E-state index contributed by atoms with van der Waals surface area (Å²) >= 11 is 0. The molecule has 2 fully saturated rings. The van der Waals surface area contributed by atoms with Gasteiger partial charge in [0.15, 0.2) is 0 Å². The number of nitrogens with one attached hydrogen (secondary N) is 2. The van der Waals surface area contributed by atoms with Gasteiger partial charge in [-0.3, -0.25) is 29.9 Å². The number of fused-ring (bicyclic) bond motifs is 1. The van der Waals surface area contributed by atoms with Crippen LogP contribution in [0.2, 0.25) is 0 Å². The van der Waals surface area contributed by atoms with E-state index in [1.54, 1.807) is 30.3 Å². The molecule has 1 aromatic carbocycles. The lowest BCUT2D eigenvalue weighted by Gasteiger charge is -2.57. The number of carboxylic acid groups (broad SMARTS) is 1. The lowest BCUT2D eigenvalue weighted by molar-refractivity contribution is -1.01. The van der Waals surface area contributed by atoms with Crippen molar-refractivity contribution < 1.29 is 29.0 Å². The van der Waals surface area contributed by atoms with E-state index in [0.29, 0.717) is 0 Å². The number of carboxylic acids is 1. The summed E-state index contributed by atoms with van der Waals surface area (Å²) in [5.41, 5.74) is 2.66. The Bertz CT molecular complexity index is 818. The molecule has 11 nitrogen and oxygen atoms in total. The van der Waals surface area contributed by atoms with E-state index in [-0.39, 0.29) is 31.6 Å². The van der Waals surface area contributed by atoms with Gasteiger partial charge in [-0.2, -0.15) is 10.0 Å². The first-order chi connectivity index (χ1) is 13.7. The van der Waals surface area contributed by atoms with E-state index < -0.39 is 47.1 Å². The van der Waals surface area contributed by atoms with E-state index in [1.807, 2.05) is 0 Å². The smallest absolute Gasteiger partial charge is 0.313 e. The minimum Gasteiger partial charge on any atom is -0.604 e. The van der Waals surface area contributed by atoms with Crippen molar-refractivity contribution in [3.05, 3.63) is 41.1 Å². The van der Waals surface area contributed by atoms with E-state index in [1.165, 1.54) is 6.92 Å². The molecule has 0 radical (unpaired) electrons. The zero-order chi connectivity index (χ0) is 21.2. The van der Waals surface area contributed by atoms with Crippen molar-refractivity contribution >= 4 is 23.7 Å². The Morgan fingerprint density at radius 1 is 1.31 bits per heavy atom. The summed E-state index contributed by atoms with van der Waals surface area (Å²) in [5, 5.41) is 28.1. The molecule has 29 heavy (non-hydrogen) atoms. The largest absolute Gasteiger partial charge is 0.604 e. The number of rotatable bonds is 3. The Labute approximate surface area is 167 Å². The van der Waals surface area contributed by atoms with Crippen LogP contribution in [0.1, 0.15) is 30.1 Å².